The topological polar surface area (TPSA) is 66.6 Å². The molecule has 0 unspecified atom stereocenters. The lowest BCUT2D eigenvalue weighted by Crippen LogP contribution is -2.28. The molecular weight excluding hydrogens is 244 g/mol. The quantitative estimate of drug-likeness (QED) is 0.580. The smallest absolute Gasteiger partial charge is 0.272 e. The van der Waals surface area contributed by atoms with Crippen molar-refractivity contribution in [1.82, 2.24) is 4.90 Å². The zero-order chi connectivity index (χ0) is 14.3. The van der Waals surface area contributed by atoms with Crippen LogP contribution in [-0.2, 0) is 6.54 Å². The Morgan fingerprint density at radius 3 is 2.68 bits per heavy atom. The van der Waals surface area contributed by atoms with Crippen molar-refractivity contribution >= 4 is 5.69 Å². The minimum Gasteiger partial charge on any atom is -0.395 e. The van der Waals surface area contributed by atoms with Crippen molar-refractivity contribution in [3.63, 3.8) is 0 Å². The van der Waals surface area contributed by atoms with Gasteiger partial charge in [0.1, 0.15) is 0 Å². The summed E-state index contributed by atoms with van der Waals surface area (Å²) in [7, 11) is 0. The second-order valence-electron chi connectivity index (χ2n) is 4.67. The lowest BCUT2D eigenvalue weighted by molar-refractivity contribution is -0.385. The van der Waals surface area contributed by atoms with Crippen LogP contribution >= 0.6 is 0 Å². The number of unbranched alkanes of at least 4 members (excludes halogenated alkanes) is 1. The van der Waals surface area contributed by atoms with E-state index < -0.39 is 0 Å². The molecule has 5 heteroatoms. The Morgan fingerprint density at radius 1 is 1.37 bits per heavy atom. The van der Waals surface area contributed by atoms with Crippen molar-refractivity contribution in [2.45, 2.75) is 33.2 Å². The molecule has 0 radical (unpaired) electrons. The van der Waals surface area contributed by atoms with Gasteiger partial charge in [0.25, 0.3) is 5.69 Å². The third-order valence-corrected chi connectivity index (χ3v) is 3.25. The Morgan fingerprint density at radius 2 is 2.11 bits per heavy atom. The third kappa shape index (κ3) is 4.61. The van der Waals surface area contributed by atoms with E-state index in [1.807, 2.05) is 6.07 Å². The van der Waals surface area contributed by atoms with E-state index in [2.05, 4.69) is 11.8 Å². The van der Waals surface area contributed by atoms with E-state index in [0.29, 0.717) is 18.7 Å². The fourth-order valence-corrected chi connectivity index (χ4v) is 2.07. The molecule has 5 nitrogen and oxygen atoms in total. The zero-order valence-electron chi connectivity index (χ0n) is 11.6. The molecule has 1 aromatic carbocycles. The molecule has 1 rings (SSSR count). The van der Waals surface area contributed by atoms with Gasteiger partial charge in [-0.15, -0.1) is 0 Å². The van der Waals surface area contributed by atoms with Crippen LogP contribution in [0.2, 0.25) is 0 Å². The van der Waals surface area contributed by atoms with E-state index in [4.69, 9.17) is 5.11 Å². The highest BCUT2D eigenvalue weighted by Gasteiger charge is 2.15. The lowest BCUT2D eigenvalue weighted by Gasteiger charge is -2.22. The minimum absolute atomic E-state index is 0.109. The van der Waals surface area contributed by atoms with Crippen LogP contribution in [0.1, 0.15) is 30.9 Å². The van der Waals surface area contributed by atoms with Crippen molar-refractivity contribution in [2.75, 3.05) is 19.7 Å². The number of nitrogens with zero attached hydrogens (tertiary/aromatic N) is 2. The van der Waals surface area contributed by atoms with Crippen LogP contribution in [0.5, 0.6) is 0 Å². The first-order valence-electron chi connectivity index (χ1n) is 6.66. The van der Waals surface area contributed by atoms with Gasteiger partial charge in [-0.05, 0) is 25.5 Å². The van der Waals surface area contributed by atoms with Gasteiger partial charge in [0.2, 0.25) is 0 Å². The monoisotopic (exact) mass is 266 g/mol. The highest BCUT2D eigenvalue weighted by atomic mass is 16.6. The summed E-state index contributed by atoms with van der Waals surface area (Å²) in [6, 6.07) is 5.16. The third-order valence-electron chi connectivity index (χ3n) is 3.25. The van der Waals surface area contributed by atoms with Crippen LogP contribution in [0.25, 0.3) is 0 Å². The van der Waals surface area contributed by atoms with Crippen molar-refractivity contribution in [1.29, 1.82) is 0 Å². The van der Waals surface area contributed by atoms with E-state index in [9.17, 15) is 10.1 Å². The van der Waals surface area contributed by atoms with E-state index in [-0.39, 0.29) is 17.2 Å². The van der Waals surface area contributed by atoms with Gasteiger partial charge in [0.05, 0.1) is 11.5 Å². The number of aliphatic hydroxyl groups is 1. The predicted octanol–water partition coefficient (Wildman–Crippen LogP) is 2.50. The first kappa shape index (κ1) is 15.6. The van der Waals surface area contributed by atoms with Gasteiger partial charge in [0, 0.05) is 24.7 Å². The van der Waals surface area contributed by atoms with E-state index in [1.54, 1.807) is 13.0 Å². The summed E-state index contributed by atoms with van der Waals surface area (Å²) < 4.78 is 0. The van der Waals surface area contributed by atoms with E-state index >= 15 is 0 Å². The van der Waals surface area contributed by atoms with Crippen LogP contribution in [0.4, 0.5) is 5.69 Å². The zero-order valence-corrected chi connectivity index (χ0v) is 11.6. The Labute approximate surface area is 114 Å². The molecule has 19 heavy (non-hydrogen) atoms. The predicted molar refractivity (Wildman–Crippen MR) is 75.1 cm³/mol. The first-order valence-corrected chi connectivity index (χ1v) is 6.66. The number of hydrogen-bond acceptors (Lipinski definition) is 4. The normalized spacial score (nSPS) is 10.9. The van der Waals surface area contributed by atoms with Crippen molar-refractivity contribution < 1.29 is 10.0 Å². The molecule has 0 aliphatic rings. The Bertz CT molecular complexity index is 421. The maximum absolute atomic E-state index is 10.9. The number of nitro benzene ring substituents is 1. The number of nitro groups is 1. The average molecular weight is 266 g/mol. The van der Waals surface area contributed by atoms with Gasteiger partial charge in [-0.3, -0.25) is 15.0 Å². The molecule has 0 saturated carbocycles. The summed E-state index contributed by atoms with van der Waals surface area (Å²) in [6.45, 7) is 6.16. The molecule has 0 aliphatic heterocycles. The fourth-order valence-electron chi connectivity index (χ4n) is 2.07. The molecule has 0 aromatic heterocycles. The largest absolute Gasteiger partial charge is 0.395 e. The van der Waals surface area contributed by atoms with Gasteiger partial charge in [-0.1, -0.05) is 25.5 Å². The second kappa shape index (κ2) is 7.86. The van der Waals surface area contributed by atoms with Crippen LogP contribution in [0, 0.1) is 17.0 Å². The molecule has 0 saturated heterocycles. The van der Waals surface area contributed by atoms with Crippen molar-refractivity contribution in [2.24, 2.45) is 0 Å². The van der Waals surface area contributed by atoms with E-state index in [0.717, 1.165) is 24.9 Å². The number of rotatable bonds is 8. The summed E-state index contributed by atoms with van der Waals surface area (Å²) in [4.78, 5) is 12.7. The maximum atomic E-state index is 10.9. The van der Waals surface area contributed by atoms with Gasteiger partial charge in [0.15, 0.2) is 0 Å². The summed E-state index contributed by atoms with van der Waals surface area (Å²) in [6.07, 6.45) is 2.16. The maximum Gasteiger partial charge on any atom is 0.272 e. The summed E-state index contributed by atoms with van der Waals surface area (Å²) >= 11 is 0. The summed E-state index contributed by atoms with van der Waals surface area (Å²) in [5.74, 6) is 0. The number of benzene rings is 1. The highest BCUT2D eigenvalue weighted by molar-refractivity contribution is 5.44. The van der Waals surface area contributed by atoms with E-state index in [1.165, 1.54) is 6.07 Å². The standard InChI is InChI=1S/C14H22N2O3/c1-3-4-8-15(9-10-17)11-13-6-5-7-14(12(13)2)16(18)19/h5-7,17H,3-4,8-11H2,1-2H3. The molecule has 0 bridgehead atoms. The Balaban J connectivity index is 2.83. The molecule has 0 amide bonds. The molecule has 1 aromatic rings. The number of hydrogen-bond donors (Lipinski definition) is 1. The molecular formula is C14H22N2O3. The molecule has 0 spiro atoms. The highest BCUT2D eigenvalue weighted by Crippen LogP contribution is 2.22. The first-order chi connectivity index (χ1) is 9.10. The Hall–Kier alpha value is -1.46. The Kier molecular flexibility index (Phi) is 6.45. The minimum atomic E-state index is -0.346. The molecule has 0 atom stereocenters. The molecule has 0 heterocycles. The molecule has 106 valence electrons. The van der Waals surface area contributed by atoms with Gasteiger partial charge in [-0.25, -0.2) is 0 Å². The van der Waals surface area contributed by atoms with Crippen LogP contribution in [0.15, 0.2) is 18.2 Å². The SMILES string of the molecule is CCCCN(CCO)Cc1cccc([N+](=O)[O-])c1C. The van der Waals surface area contributed by atoms with Gasteiger partial charge < -0.3 is 5.11 Å². The van der Waals surface area contributed by atoms with Gasteiger partial charge >= 0.3 is 0 Å². The molecule has 0 fully saturated rings. The van der Waals surface area contributed by atoms with Crippen LogP contribution in [-0.4, -0.2) is 34.6 Å². The molecule has 0 aliphatic carbocycles. The fraction of sp³-hybridized carbons (Fsp3) is 0.571. The molecule has 1 N–H and O–H groups in total. The van der Waals surface area contributed by atoms with Gasteiger partial charge in [-0.2, -0.15) is 0 Å². The van der Waals surface area contributed by atoms with Crippen LogP contribution < -0.4 is 0 Å². The van der Waals surface area contributed by atoms with Crippen molar-refractivity contribution in [3.8, 4) is 0 Å². The second-order valence-corrected chi connectivity index (χ2v) is 4.67. The summed E-state index contributed by atoms with van der Waals surface area (Å²) in [5.41, 5.74) is 1.84. The van der Waals surface area contributed by atoms with Crippen molar-refractivity contribution in [3.05, 3.63) is 39.4 Å². The number of aliphatic hydroxyl groups excluding tert-OH is 1. The lowest BCUT2D eigenvalue weighted by atomic mass is 10.1. The average Bonchev–Trinajstić information content (AvgIpc) is 2.38. The van der Waals surface area contributed by atoms with Crippen LogP contribution in [0.3, 0.4) is 0 Å². The summed E-state index contributed by atoms with van der Waals surface area (Å²) in [5, 5.41) is 20.0.